The summed E-state index contributed by atoms with van der Waals surface area (Å²) in [5.74, 6) is 0.160. The molecule has 0 fully saturated rings. The van der Waals surface area contributed by atoms with Crippen molar-refractivity contribution < 1.29 is 23.2 Å². The predicted molar refractivity (Wildman–Crippen MR) is 96.8 cm³/mol. The summed E-state index contributed by atoms with van der Waals surface area (Å²) in [6.45, 7) is 0. The number of fused-ring (bicyclic) bond motifs is 1. The lowest BCUT2D eigenvalue weighted by Crippen LogP contribution is -2.21. The van der Waals surface area contributed by atoms with Crippen molar-refractivity contribution in [2.24, 2.45) is 9.50 Å². The third-order valence-electron chi connectivity index (χ3n) is 3.83. The highest BCUT2D eigenvalue weighted by Crippen LogP contribution is 2.31. The van der Waals surface area contributed by atoms with Gasteiger partial charge in [-0.2, -0.15) is 13.5 Å². The summed E-state index contributed by atoms with van der Waals surface area (Å²) in [6, 6.07) is 8.30. The zero-order valence-electron chi connectivity index (χ0n) is 14.2. The molecule has 3 rings (SSSR count). The van der Waals surface area contributed by atoms with Crippen LogP contribution < -0.4 is 4.74 Å². The van der Waals surface area contributed by atoms with Crippen LogP contribution >= 0.6 is 0 Å². The average molecular weight is 390 g/mol. The van der Waals surface area contributed by atoms with E-state index in [0.717, 1.165) is 6.07 Å². The van der Waals surface area contributed by atoms with Crippen LogP contribution in [-0.4, -0.2) is 49.7 Å². The Bertz CT molecular complexity index is 1090. The molecule has 0 radical (unpaired) electrons. The minimum absolute atomic E-state index is 0.0125. The van der Waals surface area contributed by atoms with Crippen LogP contribution in [0.5, 0.6) is 11.5 Å². The van der Waals surface area contributed by atoms with E-state index in [1.54, 1.807) is 18.2 Å². The van der Waals surface area contributed by atoms with E-state index < -0.39 is 14.9 Å². The van der Waals surface area contributed by atoms with Crippen molar-refractivity contribution in [1.29, 1.82) is 0 Å². The second-order valence-electron chi connectivity index (χ2n) is 5.49. The van der Waals surface area contributed by atoms with Crippen molar-refractivity contribution >= 4 is 27.8 Å². The number of hydrogen-bond acceptors (Lipinski definition) is 8. The number of benzene rings is 2. The molecule has 2 aromatic rings. The van der Waals surface area contributed by atoms with Gasteiger partial charge < -0.3 is 9.84 Å². The second kappa shape index (κ2) is 6.68. The zero-order valence-corrected chi connectivity index (χ0v) is 15.0. The number of nitro groups is 1. The topological polar surface area (TPSA) is 135 Å². The van der Waals surface area contributed by atoms with Gasteiger partial charge in [-0.25, -0.2) is 5.01 Å². The third kappa shape index (κ3) is 3.31. The maximum atomic E-state index is 12.2. The molecular weight excluding hydrogens is 376 g/mol. The molecule has 0 saturated heterocycles. The molecule has 2 aromatic carbocycles. The first-order chi connectivity index (χ1) is 12.7. The van der Waals surface area contributed by atoms with Gasteiger partial charge in [0.15, 0.2) is 17.3 Å². The predicted octanol–water partition coefficient (Wildman–Crippen LogP) is 1.72. The quantitative estimate of drug-likeness (QED) is 0.477. The number of nitrogens with zero attached hydrogens (tertiary/aromatic N) is 4. The lowest BCUT2D eigenvalue weighted by molar-refractivity contribution is -0.385. The standard InChI is InChI=1S/C16H14N4O6S/c1-19(17-9-10-4-3-5-13(26-2)15(10)21)16-12-7-6-11(20(22)23)8-14(12)27(24,25)18-16/h3-9,21H,1-2H3/b17-9+. The van der Waals surface area contributed by atoms with E-state index in [-0.39, 0.29) is 33.5 Å². The van der Waals surface area contributed by atoms with E-state index in [1.165, 1.54) is 37.5 Å². The summed E-state index contributed by atoms with van der Waals surface area (Å²) in [7, 11) is -1.18. The molecule has 0 amide bonds. The summed E-state index contributed by atoms with van der Waals surface area (Å²) < 4.78 is 33.1. The smallest absolute Gasteiger partial charge is 0.285 e. The molecule has 11 heteroatoms. The number of hydrazone groups is 1. The Morgan fingerprint density at radius 3 is 2.74 bits per heavy atom. The minimum Gasteiger partial charge on any atom is -0.504 e. The number of sulfonamides is 1. The Morgan fingerprint density at radius 1 is 1.33 bits per heavy atom. The van der Waals surface area contributed by atoms with Crippen LogP contribution in [0.25, 0.3) is 0 Å². The largest absolute Gasteiger partial charge is 0.504 e. The van der Waals surface area contributed by atoms with Crippen LogP contribution in [0.4, 0.5) is 5.69 Å². The molecule has 1 aliphatic rings. The first-order valence-electron chi connectivity index (χ1n) is 7.52. The molecule has 0 unspecified atom stereocenters. The number of amidine groups is 1. The van der Waals surface area contributed by atoms with Crippen LogP contribution in [0.15, 0.2) is 50.8 Å². The molecule has 27 heavy (non-hydrogen) atoms. The monoisotopic (exact) mass is 390 g/mol. The van der Waals surface area contributed by atoms with Crippen LogP contribution in [0.1, 0.15) is 11.1 Å². The highest BCUT2D eigenvalue weighted by atomic mass is 32.2. The number of para-hydroxylation sites is 1. The SMILES string of the molecule is COc1cccc(/C=N/N(C)C2=NS(=O)(=O)c3cc([N+](=O)[O-])ccc32)c1O. The lowest BCUT2D eigenvalue weighted by atomic mass is 10.2. The molecule has 140 valence electrons. The van der Waals surface area contributed by atoms with Gasteiger partial charge in [-0.05, 0) is 18.2 Å². The summed E-state index contributed by atoms with van der Waals surface area (Å²) in [5.41, 5.74) is 0.211. The van der Waals surface area contributed by atoms with Gasteiger partial charge in [0.2, 0.25) is 0 Å². The number of hydrogen-bond donors (Lipinski definition) is 1. The summed E-state index contributed by atoms with van der Waals surface area (Å²) >= 11 is 0. The van der Waals surface area contributed by atoms with Gasteiger partial charge in [0.05, 0.1) is 18.2 Å². The molecular formula is C16H14N4O6S. The van der Waals surface area contributed by atoms with Gasteiger partial charge in [-0.3, -0.25) is 10.1 Å². The highest BCUT2D eigenvalue weighted by Gasteiger charge is 2.32. The summed E-state index contributed by atoms with van der Waals surface area (Å²) in [4.78, 5) is 9.95. The number of rotatable bonds is 4. The molecule has 1 N–H and O–H groups in total. The van der Waals surface area contributed by atoms with E-state index in [4.69, 9.17) is 4.74 Å². The number of aromatic hydroxyl groups is 1. The second-order valence-corrected chi connectivity index (χ2v) is 7.07. The molecule has 0 saturated carbocycles. The molecule has 0 bridgehead atoms. The van der Waals surface area contributed by atoms with Crippen molar-refractivity contribution in [1.82, 2.24) is 5.01 Å². The van der Waals surface area contributed by atoms with Crippen molar-refractivity contribution in [3.05, 3.63) is 57.6 Å². The van der Waals surface area contributed by atoms with Crippen LogP contribution in [-0.2, 0) is 10.0 Å². The zero-order chi connectivity index (χ0) is 19.8. The first-order valence-corrected chi connectivity index (χ1v) is 8.96. The van der Waals surface area contributed by atoms with Crippen molar-refractivity contribution in [3.8, 4) is 11.5 Å². The Balaban J connectivity index is 1.96. The summed E-state index contributed by atoms with van der Waals surface area (Å²) in [5, 5.41) is 26.2. The molecule has 0 aliphatic carbocycles. The highest BCUT2D eigenvalue weighted by molar-refractivity contribution is 7.90. The van der Waals surface area contributed by atoms with Crippen LogP contribution in [0.2, 0.25) is 0 Å². The van der Waals surface area contributed by atoms with Gasteiger partial charge in [-0.15, -0.1) is 4.40 Å². The van der Waals surface area contributed by atoms with E-state index >= 15 is 0 Å². The molecule has 10 nitrogen and oxygen atoms in total. The summed E-state index contributed by atoms with van der Waals surface area (Å²) in [6.07, 6.45) is 1.32. The number of phenolic OH excluding ortho intramolecular Hbond substituents is 1. The van der Waals surface area contributed by atoms with Gasteiger partial charge in [0, 0.05) is 30.3 Å². The number of methoxy groups -OCH3 is 1. The fourth-order valence-electron chi connectivity index (χ4n) is 2.48. The fraction of sp³-hybridized carbons (Fsp3) is 0.125. The van der Waals surface area contributed by atoms with E-state index in [9.17, 15) is 23.6 Å². The lowest BCUT2D eigenvalue weighted by Gasteiger charge is -2.12. The number of nitro benzene ring substituents is 1. The van der Waals surface area contributed by atoms with Crippen molar-refractivity contribution in [3.63, 3.8) is 0 Å². The van der Waals surface area contributed by atoms with Crippen molar-refractivity contribution in [2.75, 3.05) is 14.2 Å². The average Bonchev–Trinajstić information content (AvgIpc) is 2.91. The first kappa shape index (κ1) is 18.3. The minimum atomic E-state index is -4.06. The number of non-ortho nitro benzene ring substituents is 1. The maximum Gasteiger partial charge on any atom is 0.285 e. The molecule has 1 heterocycles. The Morgan fingerprint density at radius 2 is 2.07 bits per heavy atom. The number of phenols is 1. The van der Waals surface area contributed by atoms with E-state index in [0.29, 0.717) is 5.56 Å². The Kier molecular flexibility index (Phi) is 4.54. The molecule has 0 atom stereocenters. The molecule has 1 aliphatic heterocycles. The van der Waals surface area contributed by atoms with Gasteiger partial charge in [0.1, 0.15) is 4.90 Å². The Labute approximate surface area is 154 Å². The van der Waals surface area contributed by atoms with Crippen LogP contribution in [0, 0.1) is 10.1 Å². The van der Waals surface area contributed by atoms with Gasteiger partial charge in [0.25, 0.3) is 15.7 Å². The maximum absolute atomic E-state index is 12.2. The fourth-order valence-corrected chi connectivity index (χ4v) is 3.73. The third-order valence-corrected chi connectivity index (χ3v) is 5.14. The molecule has 0 spiro atoms. The van der Waals surface area contributed by atoms with Gasteiger partial charge in [-0.1, -0.05) is 6.07 Å². The van der Waals surface area contributed by atoms with E-state index in [1.807, 2.05) is 0 Å². The molecule has 0 aromatic heterocycles. The normalized spacial score (nSPS) is 14.7. The van der Waals surface area contributed by atoms with Gasteiger partial charge >= 0.3 is 0 Å². The van der Waals surface area contributed by atoms with E-state index in [2.05, 4.69) is 9.50 Å². The number of ether oxygens (including phenoxy) is 1. The van der Waals surface area contributed by atoms with Crippen LogP contribution in [0.3, 0.4) is 0 Å². The Hall–Kier alpha value is -3.47. The van der Waals surface area contributed by atoms with Crippen molar-refractivity contribution in [2.45, 2.75) is 4.90 Å².